The van der Waals surface area contributed by atoms with Gasteiger partial charge < -0.3 is 24.6 Å². The van der Waals surface area contributed by atoms with Gasteiger partial charge in [0.05, 0.1) is 29.2 Å². The number of hydrogen-bond acceptors (Lipinski definition) is 7. The van der Waals surface area contributed by atoms with E-state index in [9.17, 15) is 19.8 Å². The molecule has 158 valence electrons. The minimum Gasteiger partial charge on any atom is -0.504 e. The third-order valence-electron chi connectivity index (χ3n) is 5.32. The van der Waals surface area contributed by atoms with Crippen molar-refractivity contribution in [2.24, 2.45) is 0 Å². The molecule has 0 spiro atoms. The maximum absolute atomic E-state index is 13.2. The fourth-order valence-electron chi connectivity index (χ4n) is 3.94. The van der Waals surface area contributed by atoms with Crippen molar-refractivity contribution in [3.63, 3.8) is 0 Å². The Hall–Kier alpha value is -2.84. The van der Waals surface area contributed by atoms with Crippen molar-refractivity contribution in [1.82, 2.24) is 4.90 Å². The van der Waals surface area contributed by atoms with E-state index < -0.39 is 17.7 Å². The van der Waals surface area contributed by atoms with Crippen molar-refractivity contribution in [3.05, 3.63) is 57.5 Å². The van der Waals surface area contributed by atoms with Gasteiger partial charge in [0, 0.05) is 13.2 Å². The number of phenols is 1. The molecule has 1 aromatic heterocycles. The Morgan fingerprint density at radius 2 is 2.17 bits per heavy atom. The Labute approximate surface area is 178 Å². The molecule has 3 heterocycles. The minimum atomic E-state index is -0.795. The van der Waals surface area contributed by atoms with Crippen molar-refractivity contribution in [3.8, 4) is 11.5 Å². The molecule has 0 aliphatic carbocycles. The molecule has 1 aromatic carbocycles. The third kappa shape index (κ3) is 3.68. The summed E-state index contributed by atoms with van der Waals surface area (Å²) in [5.74, 6) is -1.30. The van der Waals surface area contributed by atoms with Crippen LogP contribution in [0.25, 0.3) is 0 Å². The average Bonchev–Trinajstić information content (AvgIpc) is 3.48. The summed E-state index contributed by atoms with van der Waals surface area (Å²) in [7, 11) is 0. The predicted octanol–water partition coefficient (Wildman–Crippen LogP) is 3.61. The zero-order valence-electron chi connectivity index (χ0n) is 16.5. The molecule has 2 N–H and O–H groups in total. The molecule has 4 rings (SSSR count). The van der Waals surface area contributed by atoms with Crippen LogP contribution in [0.15, 0.2) is 47.0 Å². The van der Waals surface area contributed by atoms with E-state index in [0.717, 1.165) is 12.8 Å². The van der Waals surface area contributed by atoms with Gasteiger partial charge in [0.15, 0.2) is 17.3 Å². The normalized spacial score (nSPS) is 21.5. The van der Waals surface area contributed by atoms with Gasteiger partial charge in [0.2, 0.25) is 5.78 Å². The zero-order valence-corrected chi connectivity index (χ0v) is 17.4. The largest absolute Gasteiger partial charge is 0.504 e. The van der Waals surface area contributed by atoms with Gasteiger partial charge in [-0.1, -0.05) is 12.1 Å². The number of aliphatic hydroxyl groups is 1. The summed E-state index contributed by atoms with van der Waals surface area (Å²) in [4.78, 5) is 28.1. The first-order valence-corrected chi connectivity index (χ1v) is 10.8. The van der Waals surface area contributed by atoms with Crippen LogP contribution in [0.5, 0.6) is 11.5 Å². The number of rotatable bonds is 7. The lowest BCUT2D eigenvalue weighted by Gasteiger charge is -2.29. The van der Waals surface area contributed by atoms with Crippen LogP contribution in [-0.4, -0.2) is 52.7 Å². The van der Waals surface area contributed by atoms with Crippen LogP contribution >= 0.6 is 11.3 Å². The highest BCUT2D eigenvalue weighted by Crippen LogP contribution is 2.42. The van der Waals surface area contributed by atoms with Crippen molar-refractivity contribution in [2.45, 2.75) is 31.9 Å². The highest BCUT2D eigenvalue weighted by molar-refractivity contribution is 7.12. The van der Waals surface area contributed by atoms with Crippen molar-refractivity contribution in [1.29, 1.82) is 0 Å². The lowest BCUT2D eigenvalue weighted by molar-refractivity contribution is -0.131. The predicted molar refractivity (Wildman–Crippen MR) is 111 cm³/mol. The molecule has 0 radical (unpaired) electrons. The van der Waals surface area contributed by atoms with E-state index in [1.807, 2.05) is 0 Å². The summed E-state index contributed by atoms with van der Waals surface area (Å²) in [5.41, 5.74) is 0.611. The zero-order chi connectivity index (χ0) is 21.3. The number of benzene rings is 1. The number of ketones is 1. The van der Waals surface area contributed by atoms with Gasteiger partial charge in [-0.25, -0.2) is 0 Å². The van der Waals surface area contributed by atoms with E-state index in [0.29, 0.717) is 23.7 Å². The Kier molecular flexibility index (Phi) is 5.78. The molecule has 1 saturated heterocycles. The highest BCUT2D eigenvalue weighted by atomic mass is 32.1. The second-order valence-corrected chi connectivity index (χ2v) is 8.17. The maximum Gasteiger partial charge on any atom is 0.290 e. The Balaban J connectivity index is 1.78. The van der Waals surface area contributed by atoms with Crippen LogP contribution in [0, 0.1) is 0 Å². The fourth-order valence-corrected chi connectivity index (χ4v) is 4.62. The molecule has 2 aromatic rings. The standard InChI is InChI=1S/C22H23NO6S/c1-2-28-16-11-13(7-8-15(16)24)19-18(20(25)17-6-4-10-30-17)21(26)22(27)23(19)12-14-5-3-9-29-14/h4,6-8,10-11,14,19,24,26H,2-3,5,9,12H2,1H3/t14-,19+/m1/s1. The number of aliphatic hydroxyl groups excluding tert-OH is 1. The molecule has 0 saturated carbocycles. The summed E-state index contributed by atoms with van der Waals surface area (Å²) in [5, 5.41) is 22.5. The van der Waals surface area contributed by atoms with Crippen molar-refractivity contribution < 1.29 is 29.3 Å². The monoisotopic (exact) mass is 429 g/mol. The van der Waals surface area contributed by atoms with Gasteiger partial charge >= 0.3 is 0 Å². The van der Waals surface area contributed by atoms with E-state index >= 15 is 0 Å². The Morgan fingerprint density at radius 1 is 1.33 bits per heavy atom. The molecular weight excluding hydrogens is 406 g/mol. The van der Waals surface area contributed by atoms with Gasteiger partial charge in [0.1, 0.15) is 0 Å². The van der Waals surface area contributed by atoms with Gasteiger partial charge in [-0.15, -0.1) is 11.3 Å². The average molecular weight is 429 g/mol. The maximum atomic E-state index is 13.2. The topological polar surface area (TPSA) is 96.3 Å². The van der Waals surface area contributed by atoms with Gasteiger partial charge in [0.25, 0.3) is 5.91 Å². The van der Waals surface area contributed by atoms with Crippen LogP contribution < -0.4 is 4.74 Å². The first-order chi connectivity index (χ1) is 14.5. The lowest BCUT2D eigenvalue weighted by Crippen LogP contribution is -2.37. The van der Waals surface area contributed by atoms with Crippen LogP contribution in [0.2, 0.25) is 0 Å². The number of Topliss-reactive ketones (excluding diaryl/α,β-unsaturated/α-hetero) is 1. The molecule has 30 heavy (non-hydrogen) atoms. The number of phenolic OH excluding ortho intramolecular Hbond substituents is 1. The quantitative estimate of drug-likeness (QED) is 0.653. The molecule has 2 atom stereocenters. The number of carbonyl (C=O) groups excluding carboxylic acids is 2. The van der Waals surface area contributed by atoms with Gasteiger partial charge in [-0.2, -0.15) is 0 Å². The van der Waals surface area contributed by atoms with Crippen molar-refractivity contribution >= 4 is 23.0 Å². The third-order valence-corrected chi connectivity index (χ3v) is 6.19. The first kappa shape index (κ1) is 20.4. The molecule has 2 aliphatic rings. The van der Waals surface area contributed by atoms with Crippen LogP contribution in [-0.2, 0) is 9.53 Å². The number of nitrogens with zero attached hydrogens (tertiary/aromatic N) is 1. The van der Waals surface area contributed by atoms with Crippen molar-refractivity contribution in [2.75, 3.05) is 19.8 Å². The summed E-state index contributed by atoms with van der Waals surface area (Å²) >= 11 is 1.25. The number of amides is 1. The Morgan fingerprint density at radius 3 is 2.83 bits per heavy atom. The second kappa shape index (κ2) is 8.49. The van der Waals surface area contributed by atoms with E-state index in [2.05, 4.69) is 0 Å². The van der Waals surface area contributed by atoms with Crippen LogP contribution in [0.4, 0.5) is 0 Å². The summed E-state index contributed by atoms with van der Waals surface area (Å²) in [6, 6.07) is 7.34. The van der Waals surface area contributed by atoms with Crippen LogP contribution in [0.1, 0.15) is 41.0 Å². The SMILES string of the molecule is CCOc1cc([C@H]2C(C(=O)c3cccs3)=C(O)C(=O)N2C[C@H]2CCCO2)ccc1O. The second-order valence-electron chi connectivity index (χ2n) is 7.22. The number of hydrogen-bond donors (Lipinski definition) is 2. The number of thiophene rings is 1. The highest BCUT2D eigenvalue weighted by Gasteiger charge is 2.45. The molecule has 7 nitrogen and oxygen atoms in total. The molecule has 1 fully saturated rings. The summed E-state index contributed by atoms with van der Waals surface area (Å²) < 4.78 is 11.2. The van der Waals surface area contributed by atoms with E-state index in [1.165, 1.54) is 22.3 Å². The lowest BCUT2D eigenvalue weighted by atomic mass is 9.95. The fraction of sp³-hybridized carbons (Fsp3) is 0.364. The minimum absolute atomic E-state index is 0.0325. The smallest absolute Gasteiger partial charge is 0.290 e. The number of aromatic hydroxyl groups is 1. The van der Waals surface area contributed by atoms with Crippen LogP contribution in [0.3, 0.4) is 0 Å². The van der Waals surface area contributed by atoms with E-state index in [-0.39, 0.29) is 35.5 Å². The number of carbonyl (C=O) groups is 2. The van der Waals surface area contributed by atoms with Gasteiger partial charge in [-0.05, 0) is 48.9 Å². The molecular formula is C22H23NO6S. The molecule has 1 amide bonds. The molecule has 0 bridgehead atoms. The van der Waals surface area contributed by atoms with Gasteiger partial charge in [-0.3, -0.25) is 9.59 Å². The number of ether oxygens (including phenoxy) is 2. The first-order valence-electron chi connectivity index (χ1n) is 9.90. The molecule has 8 heteroatoms. The molecule has 2 aliphatic heterocycles. The summed E-state index contributed by atoms with van der Waals surface area (Å²) in [6.07, 6.45) is 1.57. The van der Waals surface area contributed by atoms with E-state index in [1.54, 1.807) is 36.6 Å². The summed E-state index contributed by atoms with van der Waals surface area (Å²) in [6.45, 7) is 3.04. The Bertz CT molecular complexity index is 978. The molecule has 0 unspecified atom stereocenters. The van der Waals surface area contributed by atoms with E-state index in [4.69, 9.17) is 9.47 Å².